The summed E-state index contributed by atoms with van der Waals surface area (Å²) in [7, 11) is 0. The number of amides is 2. The van der Waals surface area contributed by atoms with Crippen molar-refractivity contribution in [1.29, 1.82) is 0 Å². The minimum absolute atomic E-state index is 0.0137. The maximum Gasteiger partial charge on any atom is 0.255 e. The second kappa shape index (κ2) is 10.1. The van der Waals surface area contributed by atoms with Crippen molar-refractivity contribution in [1.82, 2.24) is 20.2 Å². The normalized spacial score (nSPS) is 19.9. The topological polar surface area (TPSA) is 96.5 Å². The van der Waals surface area contributed by atoms with Gasteiger partial charge in [-0.3, -0.25) is 9.59 Å². The van der Waals surface area contributed by atoms with Crippen LogP contribution in [0.4, 0.5) is 5.95 Å². The van der Waals surface area contributed by atoms with Crippen LogP contribution in [-0.2, 0) is 16.1 Å². The molecule has 8 nitrogen and oxygen atoms in total. The van der Waals surface area contributed by atoms with Crippen LogP contribution in [0.5, 0.6) is 0 Å². The molecule has 1 aromatic carbocycles. The van der Waals surface area contributed by atoms with E-state index in [9.17, 15) is 9.59 Å². The van der Waals surface area contributed by atoms with Crippen LogP contribution in [0.1, 0.15) is 67.8 Å². The number of benzene rings is 1. The van der Waals surface area contributed by atoms with E-state index in [1.165, 1.54) is 6.92 Å². The number of rotatable bonds is 6. The summed E-state index contributed by atoms with van der Waals surface area (Å²) in [6, 6.07) is 6.15. The molecular formula is C26H32ClN5O3. The molecule has 3 heterocycles. The van der Waals surface area contributed by atoms with Gasteiger partial charge in [0.25, 0.3) is 5.91 Å². The number of fused-ring (bicyclic) bond motifs is 1. The SMILES string of the molecule is CC(=O)NCC1(N2Cc3ccc(-c4nc(NC5CCOCC5)ncc4Cl)cc3C2=O)CCCCC1. The van der Waals surface area contributed by atoms with Gasteiger partial charge in [0, 0.05) is 50.4 Å². The Morgan fingerprint density at radius 3 is 2.74 bits per heavy atom. The van der Waals surface area contributed by atoms with Gasteiger partial charge >= 0.3 is 0 Å². The summed E-state index contributed by atoms with van der Waals surface area (Å²) in [6.45, 7) is 4.03. The van der Waals surface area contributed by atoms with Crippen molar-refractivity contribution in [2.45, 2.75) is 70.0 Å². The van der Waals surface area contributed by atoms with Gasteiger partial charge in [-0.25, -0.2) is 9.97 Å². The third kappa shape index (κ3) is 5.00. The molecule has 1 aromatic heterocycles. The molecule has 0 radical (unpaired) electrons. The highest BCUT2D eigenvalue weighted by Crippen LogP contribution is 2.40. The number of nitrogens with zero attached hydrogens (tertiary/aromatic N) is 3. The fourth-order valence-electron chi connectivity index (χ4n) is 5.54. The third-order valence-electron chi connectivity index (χ3n) is 7.51. The lowest BCUT2D eigenvalue weighted by Crippen LogP contribution is -2.56. The number of ether oxygens (including phenoxy) is 1. The molecule has 1 saturated carbocycles. The van der Waals surface area contributed by atoms with E-state index in [4.69, 9.17) is 21.3 Å². The first-order valence-corrected chi connectivity index (χ1v) is 12.9. The Bertz CT molecular complexity index is 1110. The lowest BCUT2D eigenvalue weighted by Gasteiger charge is -2.44. The molecule has 1 aliphatic carbocycles. The molecule has 35 heavy (non-hydrogen) atoms. The van der Waals surface area contributed by atoms with Crippen LogP contribution in [0, 0.1) is 0 Å². The average molecular weight is 498 g/mol. The first-order chi connectivity index (χ1) is 16.9. The molecule has 2 amide bonds. The van der Waals surface area contributed by atoms with Gasteiger partial charge in [-0.1, -0.05) is 43.0 Å². The van der Waals surface area contributed by atoms with Gasteiger partial charge in [-0.2, -0.15) is 0 Å². The van der Waals surface area contributed by atoms with Crippen molar-refractivity contribution in [2.24, 2.45) is 0 Å². The molecular weight excluding hydrogens is 466 g/mol. The molecule has 2 N–H and O–H groups in total. The zero-order valence-corrected chi connectivity index (χ0v) is 20.9. The van der Waals surface area contributed by atoms with Crippen molar-refractivity contribution < 1.29 is 14.3 Å². The van der Waals surface area contributed by atoms with Gasteiger partial charge in [0.15, 0.2) is 0 Å². The molecule has 186 valence electrons. The van der Waals surface area contributed by atoms with Gasteiger partial charge in [0.2, 0.25) is 11.9 Å². The predicted molar refractivity (Wildman–Crippen MR) is 134 cm³/mol. The Hall–Kier alpha value is -2.71. The number of hydrogen-bond acceptors (Lipinski definition) is 6. The second-order valence-corrected chi connectivity index (χ2v) is 10.3. The van der Waals surface area contributed by atoms with E-state index in [-0.39, 0.29) is 23.4 Å². The van der Waals surface area contributed by atoms with Crippen LogP contribution in [0.15, 0.2) is 24.4 Å². The molecule has 3 aliphatic rings. The Balaban J connectivity index is 1.40. The van der Waals surface area contributed by atoms with Crippen molar-refractivity contribution in [3.05, 3.63) is 40.5 Å². The molecule has 0 bridgehead atoms. The summed E-state index contributed by atoms with van der Waals surface area (Å²) in [6.07, 6.45) is 8.51. The van der Waals surface area contributed by atoms with Crippen molar-refractivity contribution in [2.75, 3.05) is 25.1 Å². The first kappa shape index (κ1) is 24.0. The smallest absolute Gasteiger partial charge is 0.255 e. The van der Waals surface area contributed by atoms with Gasteiger partial charge in [0.1, 0.15) is 0 Å². The average Bonchev–Trinajstić information content (AvgIpc) is 3.21. The monoisotopic (exact) mass is 497 g/mol. The molecule has 2 fully saturated rings. The van der Waals surface area contributed by atoms with E-state index >= 15 is 0 Å². The number of carbonyl (C=O) groups excluding carboxylic acids is 2. The second-order valence-electron chi connectivity index (χ2n) is 9.88. The van der Waals surface area contributed by atoms with Crippen molar-refractivity contribution >= 4 is 29.4 Å². The third-order valence-corrected chi connectivity index (χ3v) is 7.79. The van der Waals surface area contributed by atoms with Crippen LogP contribution in [0.25, 0.3) is 11.3 Å². The number of hydrogen-bond donors (Lipinski definition) is 2. The van der Waals surface area contributed by atoms with Crippen molar-refractivity contribution in [3.63, 3.8) is 0 Å². The zero-order valence-electron chi connectivity index (χ0n) is 20.1. The maximum atomic E-state index is 13.7. The largest absolute Gasteiger partial charge is 0.381 e. The highest BCUT2D eigenvalue weighted by atomic mass is 35.5. The highest BCUT2D eigenvalue weighted by Gasteiger charge is 2.44. The maximum absolute atomic E-state index is 13.7. The fraction of sp³-hybridized carbons (Fsp3) is 0.538. The first-order valence-electron chi connectivity index (χ1n) is 12.5. The van der Waals surface area contributed by atoms with Crippen LogP contribution >= 0.6 is 11.6 Å². The summed E-state index contributed by atoms with van der Waals surface area (Å²) in [5.74, 6) is 0.478. The summed E-state index contributed by atoms with van der Waals surface area (Å²) in [4.78, 5) is 36.4. The van der Waals surface area contributed by atoms with E-state index in [1.807, 2.05) is 23.1 Å². The summed E-state index contributed by atoms with van der Waals surface area (Å²) in [5.41, 5.74) is 2.74. The predicted octanol–water partition coefficient (Wildman–Crippen LogP) is 4.18. The molecule has 0 spiro atoms. The Morgan fingerprint density at radius 1 is 1.23 bits per heavy atom. The molecule has 0 atom stereocenters. The molecule has 5 rings (SSSR count). The number of nitrogens with one attached hydrogen (secondary N) is 2. The molecule has 1 saturated heterocycles. The van der Waals surface area contributed by atoms with E-state index < -0.39 is 0 Å². The number of anilines is 1. The van der Waals surface area contributed by atoms with E-state index in [0.717, 1.165) is 69.3 Å². The number of aromatic nitrogens is 2. The van der Waals surface area contributed by atoms with Crippen LogP contribution in [0.2, 0.25) is 5.02 Å². The standard InChI is InChI=1S/C26H32ClN5O3/c1-17(33)29-16-26(9-3-2-4-10-26)32-15-19-6-5-18(13-21(19)24(32)34)23-22(27)14-28-25(31-23)30-20-7-11-35-12-8-20/h5-6,13-14,20H,2-4,7-12,15-16H2,1H3,(H,29,33)(H,28,30,31). The van der Waals surface area contributed by atoms with E-state index in [2.05, 4.69) is 15.6 Å². The summed E-state index contributed by atoms with van der Waals surface area (Å²) in [5, 5.41) is 6.81. The lowest BCUT2D eigenvalue weighted by atomic mass is 9.80. The Morgan fingerprint density at radius 2 is 2.00 bits per heavy atom. The Kier molecular flexibility index (Phi) is 6.93. The quantitative estimate of drug-likeness (QED) is 0.621. The highest BCUT2D eigenvalue weighted by molar-refractivity contribution is 6.33. The van der Waals surface area contributed by atoms with Gasteiger partial charge < -0.3 is 20.3 Å². The van der Waals surface area contributed by atoms with Crippen LogP contribution in [0.3, 0.4) is 0 Å². The van der Waals surface area contributed by atoms with E-state index in [0.29, 0.717) is 35.3 Å². The van der Waals surface area contributed by atoms with E-state index in [1.54, 1.807) is 6.20 Å². The lowest BCUT2D eigenvalue weighted by molar-refractivity contribution is -0.119. The van der Waals surface area contributed by atoms with Crippen molar-refractivity contribution in [3.8, 4) is 11.3 Å². The number of halogens is 1. The fourth-order valence-corrected chi connectivity index (χ4v) is 5.74. The molecule has 0 unspecified atom stereocenters. The zero-order chi connectivity index (χ0) is 24.4. The van der Waals surface area contributed by atoms with Crippen LogP contribution in [-0.4, -0.2) is 58.0 Å². The minimum atomic E-state index is -0.340. The van der Waals surface area contributed by atoms with Gasteiger partial charge in [-0.15, -0.1) is 0 Å². The molecule has 9 heteroatoms. The summed E-state index contributed by atoms with van der Waals surface area (Å²) < 4.78 is 5.43. The van der Waals surface area contributed by atoms with Gasteiger partial charge in [-0.05, 0) is 37.3 Å². The Labute approximate surface area is 210 Å². The van der Waals surface area contributed by atoms with Gasteiger partial charge in [0.05, 0.1) is 22.5 Å². The molecule has 2 aliphatic heterocycles. The number of carbonyl (C=O) groups is 2. The molecule has 2 aromatic rings. The summed E-state index contributed by atoms with van der Waals surface area (Å²) >= 11 is 6.50. The minimum Gasteiger partial charge on any atom is -0.381 e. The van der Waals surface area contributed by atoms with Crippen LogP contribution < -0.4 is 10.6 Å².